The van der Waals surface area contributed by atoms with Gasteiger partial charge in [-0.15, -0.1) is 20.4 Å². The molecule has 0 fully saturated rings. The van der Waals surface area contributed by atoms with Crippen LogP contribution < -0.4 is 0 Å². The normalized spacial score (nSPS) is 14.0. The molecule has 0 radical (unpaired) electrons. The van der Waals surface area contributed by atoms with Crippen LogP contribution in [0.4, 0.5) is 0 Å². The molecule has 0 N–H and O–H groups in total. The highest BCUT2D eigenvalue weighted by Crippen LogP contribution is 2.31. The molecule has 2 heterocycles. The minimum atomic E-state index is -0.199. The molecular weight excluding hydrogens is 280 g/mol. The average Bonchev–Trinajstić information content (AvgIpc) is 3.08. The first-order valence-corrected chi connectivity index (χ1v) is 7.80. The van der Waals surface area contributed by atoms with Gasteiger partial charge in [0.1, 0.15) is 0 Å². The second-order valence-corrected chi connectivity index (χ2v) is 7.08. The zero-order valence-corrected chi connectivity index (χ0v) is 14.5. The van der Waals surface area contributed by atoms with E-state index < -0.39 is 0 Å². The molecule has 8 nitrogen and oxygen atoms in total. The van der Waals surface area contributed by atoms with Crippen LogP contribution in [0.15, 0.2) is 0 Å². The molecule has 0 spiro atoms. The van der Waals surface area contributed by atoms with Crippen molar-refractivity contribution in [3.05, 3.63) is 11.6 Å². The summed E-state index contributed by atoms with van der Waals surface area (Å²) in [6, 6.07) is 0.427. The Morgan fingerprint density at radius 3 is 1.91 bits per heavy atom. The first kappa shape index (κ1) is 16.5. The number of aromatic nitrogens is 8. The van der Waals surface area contributed by atoms with Crippen molar-refractivity contribution in [1.29, 1.82) is 0 Å². The Hall–Kier alpha value is -1.86. The summed E-state index contributed by atoms with van der Waals surface area (Å²) < 4.78 is 0. The number of tetrazole rings is 2. The molecule has 2 rings (SSSR count). The van der Waals surface area contributed by atoms with Crippen molar-refractivity contribution < 1.29 is 0 Å². The van der Waals surface area contributed by atoms with Gasteiger partial charge in [0.2, 0.25) is 0 Å². The number of hydrogen-bond acceptors (Lipinski definition) is 6. The predicted octanol–water partition coefficient (Wildman–Crippen LogP) is 2.29. The molecule has 0 saturated heterocycles. The van der Waals surface area contributed by atoms with E-state index in [-0.39, 0.29) is 23.4 Å². The van der Waals surface area contributed by atoms with Gasteiger partial charge in [0.25, 0.3) is 0 Å². The van der Waals surface area contributed by atoms with Crippen LogP contribution in [-0.4, -0.2) is 40.4 Å². The fourth-order valence-electron chi connectivity index (χ4n) is 2.32. The molecule has 0 aliphatic heterocycles. The van der Waals surface area contributed by atoms with Crippen LogP contribution in [-0.2, 0) is 5.41 Å². The largest absolute Gasteiger partial charge is 0.180 e. The van der Waals surface area contributed by atoms with E-state index in [0.717, 1.165) is 18.1 Å². The second kappa shape index (κ2) is 6.10. The van der Waals surface area contributed by atoms with E-state index in [9.17, 15) is 0 Å². The lowest BCUT2D eigenvalue weighted by Gasteiger charge is -2.23. The van der Waals surface area contributed by atoms with Crippen LogP contribution in [0.25, 0.3) is 0 Å². The zero-order chi connectivity index (χ0) is 16.5. The summed E-state index contributed by atoms with van der Waals surface area (Å²) in [4.78, 5) is 3.29. The Kier molecular flexibility index (Phi) is 4.58. The zero-order valence-electron chi connectivity index (χ0n) is 14.5. The van der Waals surface area contributed by atoms with Crippen LogP contribution >= 0.6 is 0 Å². The van der Waals surface area contributed by atoms with Gasteiger partial charge < -0.3 is 0 Å². The molecule has 0 aliphatic carbocycles. The van der Waals surface area contributed by atoms with E-state index in [4.69, 9.17) is 0 Å². The molecule has 2 aromatic rings. The minimum Gasteiger partial charge on any atom is -0.162 e. The SMILES string of the molecule is CC(CC(C)(C)c1nnn(C(C)C)n1)c1nnn(C(C)C)n1. The number of nitrogens with zero attached hydrogens (tertiary/aromatic N) is 8. The fourth-order valence-corrected chi connectivity index (χ4v) is 2.32. The van der Waals surface area contributed by atoms with Crippen molar-refractivity contribution in [3.63, 3.8) is 0 Å². The smallest absolute Gasteiger partial charge is 0.162 e. The molecule has 0 aromatic carbocycles. The lowest BCUT2D eigenvalue weighted by Crippen LogP contribution is -2.23. The maximum Gasteiger partial charge on any atom is 0.180 e. The van der Waals surface area contributed by atoms with Gasteiger partial charge in [-0.05, 0) is 44.5 Å². The molecule has 122 valence electrons. The number of hydrogen-bond donors (Lipinski definition) is 0. The van der Waals surface area contributed by atoms with E-state index in [0.29, 0.717) is 0 Å². The van der Waals surface area contributed by atoms with Crippen LogP contribution in [0.3, 0.4) is 0 Å². The Balaban J connectivity index is 2.12. The Morgan fingerprint density at radius 2 is 1.41 bits per heavy atom. The van der Waals surface area contributed by atoms with E-state index in [1.165, 1.54) is 0 Å². The third-order valence-corrected chi connectivity index (χ3v) is 3.66. The van der Waals surface area contributed by atoms with Gasteiger partial charge in [-0.3, -0.25) is 0 Å². The van der Waals surface area contributed by atoms with Gasteiger partial charge in [-0.25, -0.2) is 0 Å². The number of rotatable bonds is 6. The summed E-state index contributed by atoms with van der Waals surface area (Å²) in [5.41, 5.74) is -0.199. The van der Waals surface area contributed by atoms with Gasteiger partial charge >= 0.3 is 0 Å². The van der Waals surface area contributed by atoms with Crippen LogP contribution in [0.2, 0.25) is 0 Å². The Labute approximate surface area is 131 Å². The molecule has 2 aromatic heterocycles. The maximum atomic E-state index is 4.49. The highest BCUT2D eigenvalue weighted by molar-refractivity contribution is 5.04. The van der Waals surface area contributed by atoms with Crippen LogP contribution in [0.1, 0.15) is 84.5 Å². The standard InChI is InChI=1S/C14H26N8/c1-9(2)21-17-12(15-19-21)11(5)8-14(6,7)13-16-20-22(18-13)10(3)4/h9-11H,8H2,1-7H3. The van der Waals surface area contributed by atoms with E-state index in [1.54, 1.807) is 9.59 Å². The summed E-state index contributed by atoms with van der Waals surface area (Å²) in [5, 5.41) is 25.5. The minimum absolute atomic E-state index is 0.175. The van der Waals surface area contributed by atoms with Crippen molar-refractivity contribution in [2.45, 2.75) is 78.3 Å². The van der Waals surface area contributed by atoms with Crippen molar-refractivity contribution in [2.75, 3.05) is 0 Å². The fraction of sp³-hybridized carbons (Fsp3) is 0.857. The maximum absolute atomic E-state index is 4.49. The average molecular weight is 306 g/mol. The van der Waals surface area contributed by atoms with Crippen molar-refractivity contribution >= 4 is 0 Å². The van der Waals surface area contributed by atoms with Crippen LogP contribution in [0, 0.1) is 0 Å². The van der Waals surface area contributed by atoms with E-state index in [2.05, 4.69) is 51.6 Å². The molecule has 0 saturated carbocycles. The second-order valence-electron chi connectivity index (χ2n) is 7.08. The summed E-state index contributed by atoms with van der Waals surface area (Å²) in [5.74, 6) is 1.69. The van der Waals surface area contributed by atoms with Crippen molar-refractivity contribution in [2.24, 2.45) is 0 Å². The Morgan fingerprint density at radius 1 is 0.864 bits per heavy atom. The topological polar surface area (TPSA) is 87.2 Å². The first-order chi connectivity index (χ1) is 10.2. The van der Waals surface area contributed by atoms with Gasteiger partial charge in [0.15, 0.2) is 11.6 Å². The monoisotopic (exact) mass is 306 g/mol. The third kappa shape index (κ3) is 3.48. The molecule has 8 heteroatoms. The molecule has 0 aliphatic rings. The quantitative estimate of drug-likeness (QED) is 0.813. The predicted molar refractivity (Wildman–Crippen MR) is 82.5 cm³/mol. The van der Waals surface area contributed by atoms with Gasteiger partial charge in [0.05, 0.1) is 12.1 Å². The van der Waals surface area contributed by atoms with Crippen molar-refractivity contribution in [3.8, 4) is 0 Å². The molecular formula is C14H26N8. The van der Waals surface area contributed by atoms with Gasteiger partial charge in [-0.1, -0.05) is 20.8 Å². The summed E-state index contributed by atoms with van der Waals surface area (Å²) in [6.07, 6.45) is 0.834. The highest BCUT2D eigenvalue weighted by Gasteiger charge is 2.30. The van der Waals surface area contributed by atoms with Gasteiger partial charge in [-0.2, -0.15) is 9.59 Å². The molecule has 22 heavy (non-hydrogen) atoms. The van der Waals surface area contributed by atoms with Crippen molar-refractivity contribution in [1.82, 2.24) is 40.4 Å². The molecule has 0 bridgehead atoms. The summed E-state index contributed by atoms with van der Waals surface area (Å²) in [6.45, 7) is 14.5. The summed E-state index contributed by atoms with van der Waals surface area (Å²) >= 11 is 0. The Bertz CT molecular complexity index is 610. The first-order valence-electron chi connectivity index (χ1n) is 7.80. The van der Waals surface area contributed by atoms with E-state index >= 15 is 0 Å². The lowest BCUT2D eigenvalue weighted by atomic mass is 9.82. The van der Waals surface area contributed by atoms with Crippen LogP contribution in [0.5, 0.6) is 0 Å². The highest BCUT2D eigenvalue weighted by atomic mass is 15.6. The molecule has 0 amide bonds. The lowest BCUT2D eigenvalue weighted by molar-refractivity contribution is 0.395. The van der Waals surface area contributed by atoms with E-state index in [1.807, 2.05) is 27.7 Å². The molecule has 1 unspecified atom stereocenters. The summed E-state index contributed by atoms with van der Waals surface area (Å²) in [7, 11) is 0. The van der Waals surface area contributed by atoms with Gasteiger partial charge in [0, 0.05) is 11.3 Å². The molecule has 1 atom stereocenters. The third-order valence-electron chi connectivity index (χ3n) is 3.66.